The predicted octanol–water partition coefficient (Wildman–Crippen LogP) is 4.34. The van der Waals surface area contributed by atoms with E-state index in [1.165, 1.54) is 6.07 Å². The number of carboxylic acid groups (broad SMARTS) is 1. The minimum atomic E-state index is -1.24. The van der Waals surface area contributed by atoms with Crippen LogP contribution in [-0.2, 0) is 0 Å². The van der Waals surface area contributed by atoms with Gasteiger partial charge in [0.25, 0.3) is 5.91 Å². The van der Waals surface area contributed by atoms with Gasteiger partial charge in [-0.05, 0) is 35.9 Å². The van der Waals surface area contributed by atoms with E-state index < -0.39 is 11.9 Å². The van der Waals surface area contributed by atoms with Gasteiger partial charge < -0.3 is 10.4 Å². The molecule has 0 unspecified atom stereocenters. The van der Waals surface area contributed by atoms with Gasteiger partial charge in [0.15, 0.2) is 5.69 Å². The van der Waals surface area contributed by atoms with Gasteiger partial charge in [-0.15, -0.1) is 0 Å². The summed E-state index contributed by atoms with van der Waals surface area (Å²) in [5.74, 6) is -1.73. The lowest BCUT2D eigenvalue weighted by Crippen LogP contribution is -2.14. The van der Waals surface area contributed by atoms with Gasteiger partial charge in [0.2, 0.25) is 0 Å². The van der Waals surface area contributed by atoms with Crippen molar-refractivity contribution in [2.45, 2.75) is 0 Å². The zero-order valence-electron chi connectivity index (χ0n) is 13.2. The summed E-state index contributed by atoms with van der Waals surface area (Å²) in [4.78, 5) is 27.4. The number of rotatable bonds is 4. The first-order valence-electron chi connectivity index (χ1n) is 7.36. The largest absolute Gasteiger partial charge is 0.477 e. The van der Waals surface area contributed by atoms with E-state index in [9.17, 15) is 14.7 Å². The molecule has 3 aromatic rings. The number of anilines is 1. The maximum absolute atomic E-state index is 12.3. The number of halogens is 1. The fraction of sp³-hybridized carbons (Fsp3) is 0. The van der Waals surface area contributed by atoms with Crippen molar-refractivity contribution in [3.05, 3.63) is 75.5 Å². The Bertz CT molecular complexity index is 1040. The summed E-state index contributed by atoms with van der Waals surface area (Å²) < 4.78 is 0.823. The molecule has 3 N–H and O–H groups in total. The third-order valence-corrected chi connectivity index (χ3v) is 4.10. The van der Waals surface area contributed by atoms with E-state index in [0.29, 0.717) is 16.8 Å². The van der Waals surface area contributed by atoms with Gasteiger partial charge in [-0.25, -0.2) is 9.64 Å². The smallest absolute Gasteiger partial charge is 0.341 e. The number of nitrogens with zero attached hydrogens (tertiary/aromatic N) is 2. The number of carbonyl (C=O) groups is 2. The molecule has 0 saturated carbocycles. The first-order chi connectivity index (χ1) is 12.5. The van der Waals surface area contributed by atoms with Crippen LogP contribution in [0.2, 0.25) is 0 Å². The molecule has 128 valence electrons. The molecule has 0 bridgehead atoms. The molecule has 1 heterocycles. The van der Waals surface area contributed by atoms with Crippen LogP contribution in [0.3, 0.4) is 0 Å². The molecule has 0 aliphatic heterocycles. The van der Waals surface area contributed by atoms with Crippen molar-refractivity contribution in [3.8, 4) is 11.3 Å². The number of H-pyrrole nitrogens is 1. The number of amides is 1. The zero-order chi connectivity index (χ0) is 18.7. The Hall–Kier alpha value is -3.44. The molecular weight excluding hydrogens is 400 g/mol. The molecule has 2 aromatic carbocycles. The average molecular weight is 411 g/mol. The molecule has 0 aliphatic carbocycles. The molecule has 26 heavy (non-hydrogen) atoms. The first-order valence-corrected chi connectivity index (χ1v) is 8.15. The van der Waals surface area contributed by atoms with Crippen molar-refractivity contribution in [2.75, 3.05) is 5.32 Å². The Morgan fingerprint density at radius 3 is 2.58 bits per heavy atom. The summed E-state index contributed by atoms with van der Waals surface area (Å²) in [6.07, 6.45) is 0. The Morgan fingerprint density at radius 2 is 1.92 bits per heavy atom. The van der Waals surface area contributed by atoms with Crippen LogP contribution in [0.4, 0.5) is 11.5 Å². The Kier molecular flexibility index (Phi) is 4.82. The average Bonchev–Trinajstić information content (AvgIpc) is 3.06. The predicted molar refractivity (Wildman–Crippen MR) is 99.3 cm³/mol. The van der Waals surface area contributed by atoms with Crippen LogP contribution in [0.5, 0.6) is 0 Å². The molecule has 3 rings (SSSR count). The lowest BCUT2D eigenvalue weighted by atomic mass is 10.1. The van der Waals surface area contributed by atoms with Gasteiger partial charge in [-0.1, -0.05) is 34.1 Å². The standard InChI is InChI=1S/C18H11BrN4O3/c1-20-13-4-2-3-11(9-13)15-14(18(25)26)16(23-22-15)21-17(24)10-5-7-12(19)8-6-10/h2-9H,(H,25,26)(H2,21,22,23,24). The number of carbonyl (C=O) groups excluding carboxylic acids is 1. The van der Waals surface area contributed by atoms with E-state index in [2.05, 4.69) is 36.3 Å². The molecular formula is C18H11BrN4O3. The van der Waals surface area contributed by atoms with Crippen LogP contribution < -0.4 is 5.32 Å². The number of carboxylic acids is 1. The summed E-state index contributed by atoms with van der Waals surface area (Å²) >= 11 is 3.29. The van der Waals surface area contributed by atoms with E-state index in [4.69, 9.17) is 6.57 Å². The number of aromatic carboxylic acids is 1. The second kappa shape index (κ2) is 7.21. The molecule has 0 spiro atoms. The van der Waals surface area contributed by atoms with Crippen molar-refractivity contribution in [1.29, 1.82) is 0 Å². The van der Waals surface area contributed by atoms with Gasteiger partial charge in [-0.3, -0.25) is 9.89 Å². The van der Waals surface area contributed by atoms with Crippen molar-refractivity contribution in [3.63, 3.8) is 0 Å². The van der Waals surface area contributed by atoms with Crippen LogP contribution in [-0.4, -0.2) is 27.2 Å². The number of nitrogens with one attached hydrogen (secondary N) is 2. The van der Waals surface area contributed by atoms with Crippen LogP contribution in [0.15, 0.2) is 53.0 Å². The SMILES string of the molecule is [C-]#[N+]c1cccc(-c2n[nH]c(NC(=O)c3ccc(Br)cc3)c2C(=O)O)c1. The number of hydrogen-bond donors (Lipinski definition) is 3. The van der Waals surface area contributed by atoms with E-state index in [1.54, 1.807) is 42.5 Å². The Balaban J connectivity index is 1.97. The molecule has 1 amide bonds. The topological polar surface area (TPSA) is 99.4 Å². The highest BCUT2D eigenvalue weighted by atomic mass is 79.9. The van der Waals surface area contributed by atoms with Crippen molar-refractivity contribution in [2.24, 2.45) is 0 Å². The normalized spacial score (nSPS) is 10.2. The second-order valence-electron chi connectivity index (χ2n) is 5.25. The van der Waals surface area contributed by atoms with E-state index in [1.807, 2.05) is 0 Å². The fourth-order valence-electron chi connectivity index (χ4n) is 2.36. The van der Waals surface area contributed by atoms with E-state index in [-0.39, 0.29) is 17.1 Å². The van der Waals surface area contributed by atoms with Gasteiger partial charge in [0, 0.05) is 10.0 Å². The molecule has 8 heteroatoms. The second-order valence-corrected chi connectivity index (χ2v) is 6.17. The highest BCUT2D eigenvalue weighted by molar-refractivity contribution is 9.10. The zero-order valence-corrected chi connectivity index (χ0v) is 14.7. The highest BCUT2D eigenvalue weighted by Crippen LogP contribution is 2.29. The van der Waals surface area contributed by atoms with Gasteiger partial charge >= 0.3 is 5.97 Å². The molecule has 0 atom stereocenters. The summed E-state index contributed by atoms with van der Waals surface area (Å²) in [6, 6.07) is 13.1. The molecule has 0 radical (unpaired) electrons. The highest BCUT2D eigenvalue weighted by Gasteiger charge is 2.23. The van der Waals surface area contributed by atoms with Crippen molar-refractivity contribution >= 4 is 39.3 Å². The maximum atomic E-state index is 12.3. The monoisotopic (exact) mass is 410 g/mol. The lowest BCUT2D eigenvalue weighted by Gasteiger charge is -2.05. The van der Waals surface area contributed by atoms with Crippen LogP contribution in [0.25, 0.3) is 16.1 Å². The van der Waals surface area contributed by atoms with Crippen LogP contribution >= 0.6 is 15.9 Å². The summed E-state index contributed by atoms with van der Waals surface area (Å²) in [6.45, 7) is 7.07. The van der Waals surface area contributed by atoms with Crippen LogP contribution in [0.1, 0.15) is 20.7 Å². The number of hydrogen-bond acceptors (Lipinski definition) is 3. The van der Waals surface area contributed by atoms with E-state index >= 15 is 0 Å². The van der Waals surface area contributed by atoms with Gasteiger partial charge in [0.05, 0.1) is 6.57 Å². The first kappa shape index (κ1) is 17.4. The summed E-state index contributed by atoms with van der Waals surface area (Å²) in [5, 5.41) is 18.7. The molecule has 1 aromatic heterocycles. The third kappa shape index (κ3) is 3.48. The number of aromatic nitrogens is 2. The van der Waals surface area contributed by atoms with E-state index in [0.717, 1.165) is 4.47 Å². The number of benzene rings is 2. The summed E-state index contributed by atoms with van der Waals surface area (Å²) in [5.41, 5.74) is 1.18. The molecule has 0 saturated heterocycles. The fourth-order valence-corrected chi connectivity index (χ4v) is 2.62. The minimum absolute atomic E-state index is 0.0198. The molecule has 0 fully saturated rings. The minimum Gasteiger partial charge on any atom is -0.477 e. The Labute approximate surface area is 156 Å². The quantitative estimate of drug-likeness (QED) is 0.556. The van der Waals surface area contributed by atoms with Gasteiger partial charge in [0.1, 0.15) is 17.1 Å². The molecule has 0 aliphatic rings. The van der Waals surface area contributed by atoms with Crippen molar-refractivity contribution < 1.29 is 14.7 Å². The van der Waals surface area contributed by atoms with Crippen molar-refractivity contribution in [1.82, 2.24) is 10.2 Å². The molecule has 7 nitrogen and oxygen atoms in total. The number of aromatic amines is 1. The third-order valence-electron chi connectivity index (χ3n) is 3.57. The summed E-state index contributed by atoms with van der Waals surface area (Å²) in [7, 11) is 0. The Morgan fingerprint density at radius 1 is 1.19 bits per heavy atom. The van der Waals surface area contributed by atoms with Gasteiger partial charge in [-0.2, -0.15) is 5.10 Å². The lowest BCUT2D eigenvalue weighted by molar-refractivity contribution is 0.0699. The van der Waals surface area contributed by atoms with Crippen LogP contribution in [0, 0.1) is 6.57 Å². The maximum Gasteiger partial charge on any atom is 0.341 e.